The molecule has 0 aromatic rings. The van der Waals surface area contributed by atoms with Crippen molar-refractivity contribution in [2.45, 2.75) is 44.1 Å². The Kier molecular flexibility index (Phi) is 3.76. The molecular formula is C12H17NO3S. The molecule has 1 amide bonds. The van der Waals surface area contributed by atoms with E-state index in [0.29, 0.717) is 17.7 Å². The van der Waals surface area contributed by atoms with Gasteiger partial charge in [-0.2, -0.15) is 0 Å². The van der Waals surface area contributed by atoms with Crippen LogP contribution >= 0.6 is 11.8 Å². The van der Waals surface area contributed by atoms with Gasteiger partial charge in [0.25, 0.3) is 5.91 Å². The molecule has 0 aromatic heterocycles. The largest absolute Gasteiger partial charge is 0.480 e. The Labute approximate surface area is 105 Å². The molecule has 0 spiro atoms. The first-order chi connectivity index (χ1) is 8.14. The molecule has 94 valence electrons. The number of aliphatic carboxylic acids is 1. The van der Waals surface area contributed by atoms with Crippen molar-refractivity contribution >= 4 is 23.6 Å². The van der Waals surface area contributed by atoms with E-state index in [0.717, 1.165) is 31.4 Å². The molecule has 0 radical (unpaired) electrons. The Balaban J connectivity index is 2.07. The number of hydrogen-bond acceptors (Lipinski definition) is 3. The summed E-state index contributed by atoms with van der Waals surface area (Å²) in [5.41, 5.74) is -1.03. The molecule has 1 saturated carbocycles. The SMILES string of the molecule is O=C(NC1(C(=O)O)CCCCC1)C1=CCCS1. The second-order valence-corrected chi connectivity index (χ2v) is 5.74. The molecule has 0 aromatic carbocycles. The van der Waals surface area contributed by atoms with E-state index in [-0.39, 0.29) is 5.91 Å². The van der Waals surface area contributed by atoms with Crippen LogP contribution < -0.4 is 5.32 Å². The van der Waals surface area contributed by atoms with E-state index >= 15 is 0 Å². The van der Waals surface area contributed by atoms with Crippen molar-refractivity contribution in [3.05, 3.63) is 11.0 Å². The van der Waals surface area contributed by atoms with Gasteiger partial charge in [0.2, 0.25) is 0 Å². The normalized spacial score (nSPS) is 22.9. The van der Waals surface area contributed by atoms with Crippen molar-refractivity contribution < 1.29 is 14.7 Å². The van der Waals surface area contributed by atoms with Gasteiger partial charge in [-0.15, -0.1) is 11.8 Å². The van der Waals surface area contributed by atoms with Crippen LogP contribution in [-0.4, -0.2) is 28.3 Å². The van der Waals surface area contributed by atoms with Crippen LogP contribution in [0.2, 0.25) is 0 Å². The third-order valence-corrected chi connectivity index (χ3v) is 4.50. The zero-order valence-corrected chi connectivity index (χ0v) is 10.5. The van der Waals surface area contributed by atoms with Gasteiger partial charge < -0.3 is 10.4 Å². The van der Waals surface area contributed by atoms with Gasteiger partial charge in [0, 0.05) is 5.75 Å². The number of allylic oxidation sites excluding steroid dienone is 1. The third-order valence-electron chi connectivity index (χ3n) is 3.40. The summed E-state index contributed by atoms with van der Waals surface area (Å²) in [4.78, 5) is 24.0. The zero-order chi connectivity index (χ0) is 12.3. The van der Waals surface area contributed by atoms with Crippen molar-refractivity contribution in [2.75, 3.05) is 5.75 Å². The van der Waals surface area contributed by atoms with E-state index in [1.807, 2.05) is 6.08 Å². The molecule has 0 saturated heterocycles. The predicted octanol–water partition coefficient (Wildman–Crippen LogP) is 1.91. The highest BCUT2D eigenvalue weighted by Gasteiger charge is 2.41. The van der Waals surface area contributed by atoms with Gasteiger partial charge in [-0.25, -0.2) is 4.79 Å². The molecule has 1 aliphatic carbocycles. The number of carboxylic acid groups (broad SMARTS) is 1. The van der Waals surface area contributed by atoms with E-state index < -0.39 is 11.5 Å². The standard InChI is InChI=1S/C12H17NO3S/c14-10(9-5-4-8-17-9)13-12(11(15)16)6-2-1-3-7-12/h5H,1-4,6-8H2,(H,13,14)(H,15,16). The maximum absolute atomic E-state index is 12.0. The molecule has 1 fully saturated rings. The Morgan fingerprint density at radius 3 is 2.53 bits per heavy atom. The van der Waals surface area contributed by atoms with Gasteiger partial charge in [-0.1, -0.05) is 25.3 Å². The molecule has 4 nitrogen and oxygen atoms in total. The smallest absolute Gasteiger partial charge is 0.329 e. The first-order valence-corrected chi connectivity index (χ1v) is 7.01. The van der Waals surface area contributed by atoms with Crippen LogP contribution in [0.5, 0.6) is 0 Å². The fourth-order valence-corrected chi connectivity index (χ4v) is 3.28. The van der Waals surface area contributed by atoms with Gasteiger partial charge >= 0.3 is 5.97 Å². The van der Waals surface area contributed by atoms with Crippen molar-refractivity contribution in [1.82, 2.24) is 5.32 Å². The van der Waals surface area contributed by atoms with Crippen LogP contribution in [0.3, 0.4) is 0 Å². The quantitative estimate of drug-likeness (QED) is 0.808. The second-order valence-electron chi connectivity index (χ2n) is 4.61. The van der Waals surface area contributed by atoms with Crippen LogP contribution in [0, 0.1) is 0 Å². The minimum atomic E-state index is -1.03. The van der Waals surface area contributed by atoms with Gasteiger partial charge in [-0.05, 0) is 19.3 Å². The summed E-state index contributed by atoms with van der Waals surface area (Å²) in [6.07, 6.45) is 6.68. The second kappa shape index (κ2) is 5.12. The van der Waals surface area contributed by atoms with E-state index in [4.69, 9.17) is 0 Å². The summed E-state index contributed by atoms with van der Waals surface area (Å²) >= 11 is 1.51. The average Bonchev–Trinajstić information content (AvgIpc) is 2.83. The highest BCUT2D eigenvalue weighted by molar-refractivity contribution is 8.04. The van der Waals surface area contributed by atoms with Crippen LogP contribution in [-0.2, 0) is 9.59 Å². The predicted molar refractivity (Wildman–Crippen MR) is 66.8 cm³/mol. The first kappa shape index (κ1) is 12.5. The van der Waals surface area contributed by atoms with Crippen LogP contribution in [0.15, 0.2) is 11.0 Å². The Morgan fingerprint density at radius 2 is 2.00 bits per heavy atom. The van der Waals surface area contributed by atoms with Gasteiger partial charge in [0.05, 0.1) is 4.91 Å². The average molecular weight is 255 g/mol. The minimum Gasteiger partial charge on any atom is -0.480 e. The number of rotatable bonds is 3. The van der Waals surface area contributed by atoms with E-state index in [1.54, 1.807) is 0 Å². The van der Waals surface area contributed by atoms with E-state index in [1.165, 1.54) is 11.8 Å². The summed E-state index contributed by atoms with van der Waals surface area (Å²) in [5, 5.41) is 12.1. The highest BCUT2D eigenvalue weighted by Crippen LogP contribution is 2.31. The molecular weight excluding hydrogens is 238 g/mol. The minimum absolute atomic E-state index is 0.211. The maximum Gasteiger partial charge on any atom is 0.329 e. The monoisotopic (exact) mass is 255 g/mol. The lowest BCUT2D eigenvalue weighted by Gasteiger charge is -2.34. The topological polar surface area (TPSA) is 66.4 Å². The number of nitrogens with one attached hydrogen (secondary N) is 1. The lowest BCUT2D eigenvalue weighted by Crippen LogP contribution is -2.55. The van der Waals surface area contributed by atoms with Gasteiger partial charge in [0.15, 0.2) is 0 Å². The Hall–Kier alpha value is -0.970. The fourth-order valence-electron chi connectivity index (χ4n) is 2.40. The summed E-state index contributed by atoms with van der Waals surface area (Å²) in [5.74, 6) is -0.186. The molecule has 17 heavy (non-hydrogen) atoms. The number of carbonyl (C=O) groups is 2. The lowest BCUT2D eigenvalue weighted by atomic mass is 9.81. The molecule has 0 bridgehead atoms. The molecule has 2 rings (SSSR count). The van der Waals surface area contributed by atoms with Crippen LogP contribution in [0.1, 0.15) is 38.5 Å². The van der Waals surface area contributed by atoms with Gasteiger partial charge in [-0.3, -0.25) is 4.79 Å². The van der Waals surface area contributed by atoms with Crippen molar-refractivity contribution in [1.29, 1.82) is 0 Å². The Morgan fingerprint density at radius 1 is 1.29 bits per heavy atom. The summed E-state index contributed by atoms with van der Waals surface area (Å²) in [6.45, 7) is 0. The van der Waals surface area contributed by atoms with E-state index in [9.17, 15) is 14.7 Å². The molecule has 2 N–H and O–H groups in total. The number of hydrogen-bond donors (Lipinski definition) is 2. The Bertz CT molecular complexity index is 359. The number of carbonyl (C=O) groups excluding carboxylic acids is 1. The molecule has 0 atom stereocenters. The summed E-state index contributed by atoms with van der Waals surface area (Å²) in [6, 6.07) is 0. The number of thioether (sulfide) groups is 1. The maximum atomic E-state index is 12.0. The molecule has 1 aliphatic heterocycles. The van der Waals surface area contributed by atoms with Crippen LogP contribution in [0.4, 0.5) is 0 Å². The molecule has 0 unspecified atom stereocenters. The number of carboxylic acids is 1. The fraction of sp³-hybridized carbons (Fsp3) is 0.667. The van der Waals surface area contributed by atoms with Crippen molar-refractivity contribution in [2.24, 2.45) is 0 Å². The van der Waals surface area contributed by atoms with Crippen LogP contribution in [0.25, 0.3) is 0 Å². The summed E-state index contributed by atoms with van der Waals surface area (Å²) < 4.78 is 0. The number of amides is 1. The van der Waals surface area contributed by atoms with Gasteiger partial charge in [0.1, 0.15) is 5.54 Å². The highest BCUT2D eigenvalue weighted by atomic mass is 32.2. The first-order valence-electron chi connectivity index (χ1n) is 6.03. The van der Waals surface area contributed by atoms with Crippen molar-refractivity contribution in [3.63, 3.8) is 0 Å². The van der Waals surface area contributed by atoms with Crippen molar-refractivity contribution in [3.8, 4) is 0 Å². The lowest BCUT2D eigenvalue weighted by molar-refractivity contribution is -0.148. The molecule has 1 heterocycles. The third kappa shape index (κ3) is 2.65. The van der Waals surface area contributed by atoms with E-state index in [2.05, 4.69) is 5.32 Å². The summed E-state index contributed by atoms with van der Waals surface area (Å²) in [7, 11) is 0. The molecule has 2 aliphatic rings. The zero-order valence-electron chi connectivity index (χ0n) is 9.70. The molecule has 5 heteroatoms.